The van der Waals surface area contributed by atoms with Gasteiger partial charge in [-0.2, -0.15) is 0 Å². The molecule has 0 unspecified atom stereocenters. The van der Waals surface area contributed by atoms with Gasteiger partial charge in [-0.3, -0.25) is 9.59 Å². The first-order valence-corrected chi connectivity index (χ1v) is 6.27. The highest BCUT2D eigenvalue weighted by atomic mass is 16.2. The van der Waals surface area contributed by atoms with Crippen LogP contribution in [0.15, 0.2) is 11.6 Å². The van der Waals surface area contributed by atoms with Gasteiger partial charge < -0.3 is 10.2 Å². The van der Waals surface area contributed by atoms with E-state index < -0.39 is 0 Å². The number of carbonyl (C=O) groups is 2. The molecule has 96 valence electrons. The lowest BCUT2D eigenvalue weighted by atomic mass is 10.0. The zero-order chi connectivity index (χ0) is 12.8. The summed E-state index contributed by atoms with van der Waals surface area (Å²) in [4.78, 5) is 24.8. The van der Waals surface area contributed by atoms with E-state index in [0.29, 0.717) is 0 Å². The summed E-state index contributed by atoms with van der Waals surface area (Å²) in [7, 11) is 0. The first kappa shape index (κ1) is 13.7. The van der Waals surface area contributed by atoms with Crippen LogP contribution in [0, 0.1) is 0 Å². The lowest BCUT2D eigenvalue weighted by Gasteiger charge is -2.32. The quantitative estimate of drug-likeness (QED) is 0.757. The van der Waals surface area contributed by atoms with Crippen LogP contribution in [0.3, 0.4) is 0 Å². The minimum Gasteiger partial charge on any atom is -0.353 e. The Morgan fingerprint density at radius 2 is 1.88 bits per heavy atom. The van der Waals surface area contributed by atoms with Crippen LogP contribution in [0.25, 0.3) is 0 Å². The first-order valence-electron chi connectivity index (χ1n) is 6.27. The minimum absolute atomic E-state index is 0.0110. The Kier molecular flexibility index (Phi) is 5.19. The number of nitrogens with zero attached hydrogens (tertiary/aromatic N) is 1. The van der Waals surface area contributed by atoms with Crippen molar-refractivity contribution in [2.45, 2.75) is 46.1 Å². The fraction of sp³-hybridized carbons (Fsp3) is 0.692. The lowest BCUT2D eigenvalue weighted by molar-refractivity contribution is -0.128. The summed E-state index contributed by atoms with van der Waals surface area (Å²) < 4.78 is 0. The maximum atomic E-state index is 12.0. The van der Waals surface area contributed by atoms with Gasteiger partial charge in [0.05, 0.1) is 0 Å². The van der Waals surface area contributed by atoms with Crippen LogP contribution in [0.1, 0.15) is 40.0 Å². The van der Waals surface area contributed by atoms with E-state index in [-0.39, 0.29) is 17.9 Å². The molecule has 1 saturated heterocycles. The van der Waals surface area contributed by atoms with Crippen LogP contribution in [-0.4, -0.2) is 35.8 Å². The Morgan fingerprint density at radius 1 is 1.29 bits per heavy atom. The third-order valence-corrected chi connectivity index (χ3v) is 3.04. The molecule has 1 fully saturated rings. The van der Waals surface area contributed by atoms with Gasteiger partial charge in [-0.25, -0.2) is 0 Å². The van der Waals surface area contributed by atoms with Crippen LogP contribution in [0.4, 0.5) is 0 Å². The molecule has 1 aliphatic heterocycles. The molecule has 1 aliphatic rings. The predicted octanol–water partition coefficient (Wildman–Crippen LogP) is 1.47. The fourth-order valence-electron chi connectivity index (χ4n) is 2.16. The summed E-state index contributed by atoms with van der Waals surface area (Å²) in [6.45, 7) is 6.90. The predicted molar refractivity (Wildman–Crippen MR) is 67.5 cm³/mol. The van der Waals surface area contributed by atoms with Gasteiger partial charge in [0.15, 0.2) is 0 Å². The molecular formula is C13H22N2O2. The Bertz CT molecular complexity index is 315. The van der Waals surface area contributed by atoms with Gasteiger partial charge in [0, 0.05) is 31.6 Å². The van der Waals surface area contributed by atoms with Gasteiger partial charge in [0.1, 0.15) is 0 Å². The van der Waals surface area contributed by atoms with Crippen LogP contribution in [0.2, 0.25) is 0 Å². The Hall–Kier alpha value is -1.32. The third-order valence-electron chi connectivity index (χ3n) is 3.04. The van der Waals surface area contributed by atoms with Crippen LogP contribution < -0.4 is 5.32 Å². The highest BCUT2D eigenvalue weighted by Crippen LogP contribution is 2.13. The molecule has 17 heavy (non-hydrogen) atoms. The van der Waals surface area contributed by atoms with Crippen molar-refractivity contribution in [3.8, 4) is 0 Å². The molecular weight excluding hydrogens is 216 g/mol. The molecule has 4 nitrogen and oxygen atoms in total. The number of carbonyl (C=O) groups excluding carboxylic acids is 2. The number of likely N-dealkylation sites (tertiary alicyclic amines) is 1. The Labute approximate surface area is 103 Å². The summed E-state index contributed by atoms with van der Waals surface area (Å²) in [5.41, 5.74) is 0.825. The Balaban J connectivity index is 2.44. The molecule has 1 N–H and O–H groups in total. The van der Waals surface area contributed by atoms with Gasteiger partial charge in [-0.05, 0) is 26.2 Å². The van der Waals surface area contributed by atoms with Gasteiger partial charge >= 0.3 is 0 Å². The molecule has 0 bridgehead atoms. The fourth-order valence-corrected chi connectivity index (χ4v) is 2.16. The van der Waals surface area contributed by atoms with Crippen molar-refractivity contribution in [2.75, 3.05) is 13.1 Å². The lowest BCUT2D eigenvalue weighted by Crippen LogP contribution is -2.46. The van der Waals surface area contributed by atoms with Crippen molar-refractivity contribution >= 4 is 11.8 Å². The molecule has 0 saturated carbocycles. The van der Waals surface area contributed by atoms with E-state index in [9.17, 15) is 9.59 Å². The number of hydrogen-bond acceptors (Lipinski definition) is 2. The summed E-state index contributed by atoms with van der Waals surface area (Å²) in [6.07, 6.45) is 4.55. The largest absolute Gasteiger partial charge is 0.353 e. The zero-order valence-electron chi connectivity index (χ0n) is 11.0. The standard InChI is InChI=1S/C13H22N2O2/c1-4-5-10(2)13(17)15-8-6-12(7-9-15)14-11(3)16/h5,12H,4,6-9H2,1-3H3,(H,14,16)/b10-5-. The number of nitrogens with one attached hydrogen (secondary N) is 1. The highest BCUT2D eigenvalue weighted by molar-refractivity contribution is 5.92. The van der Waals surface area contributed by atoms with Gasteiger partial charge in [0.25, 0.3) is 0 Å². The third kappa shape index (κ3) is 4.21. The normalized spacial score (nSPS) is 18.1. The van der Waals surface area contributed by atoms with Crippen LogP contribution in [-0.2, 0) is 9.59 Å². The molecule has 2 amide bonds. The van der Waals surface area contributed by atoms with Crippen molar-refractivity contribution < 1.29 is 9.59 Å². The van der Waals surface area contributed by atoms with E-state index in [0.717, 1.165) is 37.9 Å². The van der Waals surface area contributed by atoms with E-state index in [4.69, 9.17) is 0 Å². The van der Waals surface area contributed by atoms with Gasteiger partial charge in [0.2, 0.25) is 11.8 Å². The molecule has 0 radical (unpaired) electrons. The minimum atomic E-state index is 0.0110. The molecule has 0 aliphatic carbocycles. The smallest absolute Gasteiger partial charge is 0.249 e. The highest BCUT2D eigenvalue weighted by Gasteiger charge is 2.23. The van der Waals surface area contributed by atoms with E-state index >= 15 is 0 Å². The maximum absolute atomic E-state index is 12.0. The summed E-state index contributed by atoms with van der Waals surface area (Å²) in [5, 5.41) is 2.90. The molecule has 0 aromatic heterocycles. The zero-order valence-corrected chi connectivity index (χ0v) is 11.0. The van der Waals surface area contributed by atoms with Crippen molar-refractivity contribution in [3.05, 3.63) is 11.6 Å². The van der Waals surface area contributed by atoms with Gasteiger partial charge in [-0.15, -0.1) is 0 Å². The second-order valence-corrected chi connectivity index (χ2v) is 4.56. The van der Waals surface area contributed by atoms with Crippen LogP contribution >= 0.6 is 0 Å². The second kappa shape index (κ2) is 6.42. The molecule has 1 rings (SSSR count). The van der Waals surface area contributed by atoms with E-state index in [1.54, 1.807) is 0 Å². The Morgan fingerprint density at radius 3 is 2.35 bits per heavy atom. The maximum Gasteiger partial charge on any atom is 0.249 e. The summed E-state index contributed by atoms with van der Waals surface area (Å²) >= 11 is 0. The SMILES string of the molecule is CC/C=C(/C)C(=O)N1CCC(NC(C)=O)CC1. The molecule has 4 heteroatoms. The van der Waals surface area contributed by atoms with Crippen LogP contribution in [0.5, 0.6) is 0 Å². The number of hydrogen-bond donors (Lipinski definition) is 1. The first-order chi connectivity index (χ1) is 8.04. The van der Waals surface area contributed by atoms with E-state index in [1.165, 1.54) is 6.92 Å². The topological polar surface area (TPSA) is 49.4 Å². The molecule has 0 atom stereocenters. The summed E-state index contributed by atoms with van der Waals surface area (Å²) in [6, 6.07) is 0.229. The van der Waals surface area contributed by atoms with Crippen molar-refractivity contribution in [1.82, 2.24) is 10.2 Å². The number of allylic oxidation sites excluding steroid dienone is 1. The van der Waals surface area contributed by atoms with Crippen molar-refractivity contribution in [1.29, 1.82) is 0 Å². The number of amides is 2. The average molecular weight is 238 g/mol. The molecule has 0 aromatic rings. The monoisotopic (exact) mass is 238 g/mol. The average Bonchev–Trinajstić information content (AvgIpc) is 2.28. The van der Waals surface area contributed by atoms with E-state index in [1.807, 2.05) is 24.8 Å². The molecule has 0 aromatic carbocycles. The summed E-state index contributed by atoms with van der Waals surface area (Å²) in [5.74, 6) is 0.143. The molecule has 0 spiro atoms. The van der Waals surface area contributed by atoms with Gasteiger partial charge in [-0.1, -0.05) is 13.0 Å². The van der Waals surface area contributed by atoms with Crippen molar-refractivity contribution in [3.63, 3.8) is 0 Å². The number of piperidine rings is 1. The number of rotatable bonds is 3. The second-order valence-electron chi connectivity index (χ2n) is 4.56. The van der Waals surface area contributed by atoms with Crippen molar-refractivity contribution in [2.24, 2.45) is 0 Å². The molecule has 1 heterocycles. The van der Waals surface area contributed by atoms with E-state index in [2.05, 4.69) is 5.32 Å².